The molecule has 0 aromatic heterocycles. The fraction of sp³-hybridized carbons (Fsp3) is 0.238. The number of benzene rings is 2. The highest BCUT2D eigenvalue weighted by atomic mass is 35.5. The fourth-order valence-corrected chi connectivity index (χ4v) is 3.12. The Morgan fingerprint density at radius 1 is 1.10 bits per heavy atom. The zero-order valence-corrected chi connectivity index (χ0v) is 16.8. The van der Waals surface area contributed by atoms with Crippen molar-refractivity contribution in [3.63, 3.8) is 0 Å². The van der Waals surface area contributed by atoms with Gasteiger partial charge in [-0.3, -0.25) is 14.4 Å². The number of esters is 2. The summed E-state index contributed by atoms with van der Waals surface area (Å²) in [5.74, 6) is -2.49. The minimum absolute atomic E-state index is 0.0120. The smallest absolute Gasteiger partial charge is 0.337 e. The molecule has 1 atom stereocenters. The Morgan fingerprint density at radius 3 is 2.40 bits per heavy atom. The summed E-state index contributed by atoms with van der Waals surface area (Å²) in [6.45, 7) is -0.306. The van der Waals surface area contributed by atoms with E-state index >= 15 is 0 Å². The van der Waals surface area contributed by atoms with E-state index in [1.54, 1.807) is 24.3 Å². The van der Waals surface area contributed by atoms with Gasteiger partial charge >= 0.3 is 11.9 Å². The molecule has 0 bridgehead atoms. The predicted octanol–water partition coefficient (Wildman–Crippen LogP) is 2.66. The third kappa shape index (κ3) is 5.15. The molecule has 0 radical (unpaired) electrons. The molecule has 0 saturated carbocycles. The van der Waals surface area contributed by atoms with Crippen LogP contribution in [-0.2, 0) is 23.9 Å². The maximum Gasteiger partial charge on any atom is 0.337 e. The average molecular weight is 431 g/mol. The molecule has 1 saturated heterocycles. The lowest BCUT2D eigenvalue weighted by Crippen LogP contribution is -2.28. The third-order valence-corrected chi connectivity index (χ3v) is 4.78. The standard InChI is InChI=1S/C21H19ClN2O6/c1-29-20(27)13-2-6-16(7-3-13)23-18(25)12-30-21(28)14-10-19(26)24(11-14)17-8-4-15(22)5-9-17/h2-9,14H,10-12H2,1H3,(H,23,25)/t14-/m1/s1. The summed E-state index contributed by atoms with van der Waals surface area (Å²) >= 11 is 5.85. The zero-order valence-electron chi connectivity index (χ0n) is 16.1. The molecule has 2 amide bonds. The van der Waals surface area contributed by atoms with Crippen LogP contribution in [0, 0.1) is 5.92 Å². The minimum atomic E-state index is -0.652. The third-order valence-electron chi connectivity index (χ3n) is 4.53. The van der Waals surface area contributed by atoms with Crippen molar-refractivity contribution in [2.45, 2.75) is 6.42 Å². The first-order chi connectivity index (χ1) is 14.4. The highest BCUT2D eigenvalue weighted by Gasteiger charge is 2.36. The highest BCUT2D eigenvalue weighted by molar-refractivity contribution is 6.30. The van der Waals surface area contributed by atoms with Crippen LogP contribution < -0.4 is 10.2 Å². The Hall–Kier alpha value is -3.39. The van der Waals surface area contributed by atoms with Crippen LogP contribution in [0.2, 0.25) is 5.02 Å². The van der Waals surface area contributed by atoms with Crippen molar-refractivity contribution in [3.8, 4) is 0 Å². The van der Waals surface area contributed by atoms with E-state index in [9.17, 15) is 19.2 Å². The van der Waals surface area contributed by atoms with Crippen LogP contribution in [0.25, 0.3) is 0 Å². The number of nitrogens with zero attached hydrogens (tertiary/aromatic N) is 1. The first kappa shape index (κ1) is 21.3. The summed E-state index contributed by atoms with van der Waals surface area (Å²) < 4.78 is 9.67. The summed E-state index contributed by atoms with van der Waals surface area (Å²) in [4.78, 5) is 49.4. The molecule has 0 aliphatic carbocycles. The van der Waals surface area contributed by atoms with Crippen molar-refractivity contribution in [2.75, 3.05) is 30.5 Å². The van der Waals surface area contributed by atoms with Crippen molar-refractivity contribution in [1.29, 1.82) is 0 Å². The number of rotatable bonds is 6. The molecule has 156 valence electrons. The second-order valence-electron chi connectivity index (χ2n) is 6.61. The number of halogens is 1. The van der Waals surface area contributed by atoms with Gasteiger partial charge in [-0.2, -0.15) is 0 Å². The summed E-state index contributed by atoms with van der Waals surface area (Å²) in [6, 6.07) is 12.8. The van der Waals surface area contributed by atoms with E-state index in [4.69, 9.17) is 16.3 Å². The first-order valence-electron chi connectivity index (χ1n) is 9.08. The van der Waals surface area contributed by atoms with Crippen molar-refractivity contribution in [2.24, 2.45) is 5.92 Å². The number of anilines is 2. The molecule has 3 rings (SSSR count). The zero-order chi connectivity index (χ0) is 21.7. The quantitative estimate of drug-likeness (QED) is 0.707. The molecule has 8 nitrogen and oxygen atoms in total. The molecule has 0 spiro atoms. The van der Waals surface area contributed by atoms with E-state index in [0.717, 1.165) is 0 Å². The van der Waals surface area contributed by atoms with E-state index < -0.39 is 30.4 Å². The molecule has 1 N–H and O–H groups in total. The van der Waals surface area contributed by atoms with E-state index in [-0.39, 0.29) is 18.9 Å². The number of nitrogens with one attached hydrogen (secondary N) is 1. The van der Waals surface area contributed by atoms with Gasteiger partial charge in [-0.15, -0.1) is 0 Å². The molecule has 30 heavy (non-hydrogen) atoms. The monoisotopic (exact) mass is 430 g/mol. The van der Waals surface area contributed by atoms with Gasteiger partial charge in [0, 0.05) is 29.4 Å². The Balaban J connectivity index is 1.49. The van der Waals surface area contributed by atoms with Crippen molar-refractivity contribution >= 4 is 46.7 Å². The highest BCUT2D eigenvalue weighted by Crippen LogP contribution is 2.27. The summed E-state index contributed by atoms with van der Waals surface area (Å²) in [7, 11) is 1.28. The second-order valence-corrected chi connectivity index (χ2v) is 7.04. The van der Waals surface area contributed by atoms with Crippen molar-refractivity contribution < 1.29 is 28.7 Å². The van der Waals surface area contributed by atoms with Crippen LogP contribution in [0.4, 0.5) is 11.4 Å². The maximum atomic E-state index is 12.3. The Labute approximate surface area is 177 Å². The number of ether oxygens (including phenoxy) is 2. The van der Waals surface area contributed by atoms with Crippen LogP contribution in [0.15, 0.2) is 48.5 Å². The van der Waals surface area contributed by atoms with Gasteiger partial charge in [-0.25, -0.2) is 4.79 Å². The molecule has 1 fully saturated rings. The van der Waals surface area contributed by atoms with Gasteiger partial charge < -0.3 is 19.7 Å². The summed E-state index contributed by atoms with van der Waals surface area (Å²) in [5, 5.41) is 3.11. The molecule has 2 aromatic carbocycles. The number of carbonyl (C=O) groups is 4. The van der Waals surface area contributed by atoms with Gasteiger partial charge in [-0.05, 0) is 48.5 Å². The number of methoxy groups -OCH3 is 1. The van der Waals surface area contributed by atoms with Crippen molar-refractivity contribution in [1.82, 2.24) is 0 Å². The van der Waals surface area contributed by atoms with Gasteiger partial charge in [0.2, 0.25) is 5.91 Å². The van der Waals surface area contributed by atoms with Gasteiger partial charge in [0.05, 0.1) is 18.6 Å². The molecule has 2 aromatic rings. The number of hydrogen-bond donors (Lipinski definition) is 1. The maximum absolute atomic E-state index is 12.3. The molecule has 0 unspecified atom stereocenters. The SMILES string of the molecule is COC(=O)c1ccc(NC(=O)COC(=O)[C@@H]2CC(=O)N(c3ccc(Cl)cc3)C2)cc1. The normalized spacial score (nSPS) is 15.6. The lowest BCUT2D eigenvalue weighted by atomic mass is 10.1. The Kier molecular flexibility index (Phi) is 6.68. The van der Waals surface area contributed by atoms with Gasteiger partial charge in [0.25, 0.3) is 5.91 Å². The number of amides is 2. The van der Waals surface area contributed by atoms with Crippen LogP contribution in [0.1, 0.15) is 16.8 Å². The van der Waals surface area contributed by atoms with Gasteiger partial charge in [0.15, 0.2) is 6.61 Å². The van der Waals surface area contributed by atoms with Crippen LogP contribution >= 0.6 is 11.6 Å². The largest absolute Gasteiger partial charge is 0.465 e. The minimum Gasteiger partial charge on any atom is -0.465 e. The van der Waals surface area contributed by atoms with Crippen molar-refractivity contribution in [3.05, 3.63) is 59.1 Å². The van der Waals surface area contributed by atoms with Gasteiger partial charge in [-0.1, -0.05) is 11.6 Å². The van der Waals surface area contributed by atoms with Crippen LogP contribution in [0.5, 0.6) is 0 Å². The summed E-state index contributed by atoms with van der Waals surface area (Å²) in [5.41, 5.74) is 1.43. The van der Waals surface area contributed by atoms with E-state index in [2.05, 4.69) is 10.1 Å². The van der Waals surface area contributed by atoms with E-state index in [0.29, 0.717) is 22.0 Å². The van der Waals surface area contributed by atoms with E-state index in [1.165, 1.54) is 36.3 Å². The van der Waals surface area contributed by atoms with E-state index in [1.807, 2.05) is 0 Å². The molecule has 1 heterocycles. The topological polar surface area (TPSA) is 102 Å². The first-order valence-corrected chi connectivity index (χ1v) is 9.46. The fourth-order valence-electron chi connectivity index (χ4n) is 3.00. The molecule has 1 aliphatic rings. The molecule has 1 aliphatic heterocycles. The predicted molar refractivity (Wildman–Crippen MR) is 109 cm³/mol. The molecular weight excluding hydrogens is 412 g/mol. The van der Waals surface area contributed by atoms with Gasteiger partial charge in [0.1, 0.15) is 0 Å². The number of hydrogen-bond acceptors (Lipinski definition) is 6. The molecule has 9 heteroatoms. The number of carbonyl (C=O) groups excluding carboxylic acids is 4. The molecular formula is C21H19ClN2O6. The van der Waals surface area contributed by atoms with Crippen LogP contribution in [0.3, 0.4) is 0 Å². The lowest BCUT2D eigenvalue weighted by molar-refractivity contribution is -0.151. The lowest BCUT2D eigenvalue weighted by Gasteiger charge is -2.16. The van der Waals surface area contributed by atoms with Crippen LogP contribution in [-0.4, -0.2) is 44.0 Å². The average Bonchev–Trinajstić information content (AvgIpc) is 3.14. The Morgan fingerprint density at radius 2 is 1.77 bits per heavy atom. The summed E-state index contributed by atoms with van der Waals surface area (Å²) in [6.07, 6.45) is 0.0120. The Bertz CT molecular complexity index is 958. The second kappa shape index (κ2) is 9.41.